The van der Waals surface area contributed by atoms with Crippen LogP contribution < -0.4 is 5.32 Å². The summed E-state index contributed by atoms with van der Waals surface area (Å²) < 4.78 is 18.2. The van der Waals surface area contributed by atoms with E-state index in [-0.39, 0.29) is 24.0 Å². The minimum absolute atomic E-state index is 0.00225. The van der Waals surface area contributed by atoms with Gasteiger partial charge >= 0.3 is 5.97 Å². The van der Waals surface area contributed by atoms with E-state index in [0.717, 1.165) is 5.56 Å². The molecule has 1 aliphatic rings. The molecule has 126 valence electrons. The number of cyclic esters (lactones) is 1. The van der Waals surface area contributed by atoms with Crippen LogP contribution in [0.5, 0.6) is 0 Å². The quantitative estimate of drug-likeness (QED) is 0.870. The second kappa shape index (κ2) is 6.73. The van der Waals surface area contributed by atoms with Crippen LogP contribution in [0.1, 0.15) is 21.5 Å². The molecule has 0 unspecified atom stereocenters. The van der Waals surface area contributed by atoms with Crippen LogP contribution in [0.25, 0.3) is 5.57 Å². The number of benzene rings is 2. The zero-order valence-corrected chi connectivity index (χ0v) is 13.6. The molecule has 25 heavy (non-hydrogen) atoms. The van der Waals surface area contributed by atoms with E-state index in [9.17, 15) is 14.0 Å². The first kappa shape index (κ1) is 16.6. The molecule has 0 fully saturated rings. The van der Waals surface area contributed by atoms with Crippen molar-refractivity contribution in [1.82, 2.24) is 5.32 Å². The lowest BCUT2D eigenvalue weighted by atomic mass is 10.00. The average molecular weight is 337 g/mol. The Morgan fingerprint density at radius 3 is 2.52 bits per heavy atom. The fourth-order valence-electron chi connectivity index (χ4n) is 2.70. The Kier molecular flexibility index (Phi) is 4.48. The summed E-state index contributed by atoms with van der Waals surface area (Å²) in [7, 11) is 0. The lowest BCUT2D eigenvalue weighted by Crippen LogP contribution is -2.28. The second-order valence-corrected chi connectivity index (χ2v) is 5.67. The van der Waals surface area contributed by atoms with Gasteiger partial charge in [-0.25, -0.2) is 9.18 Å². The highest BCUT2D eigenvalue weighted by molar-refractivity contribution is 6.08. The highest BCUT2D eigenvalue weighted by Gasteiger charge is 2.29. The number of rotatable bonds is 4. The third kappa shape index (κ3) is 3.35. The van der Waals surface area contributed by atoms with Crippen molar-refractivity contribution in [3.8, 4) is 0 Å². The monoisotopic (exact) mass is 337 g/mol. The number of esters is 1. The summed E-state index contributed by atoms with van der Waals surface area (Å²) in [5, 5.41) is 2.73. The van der Waals surface area contributed by atoms with Gasteiger partial charge in [0.05, 0.1) is 12.1 Å². The van der Waals surface area contributed by atoms with Crippen molar-refractivity contribution in [2.24, 2.45) is 0 Å². The zero-order chi connectivity index (χ0) is 18.0. The maximum absolute atomic E-state index is 13.1. The number of carbonyl (C=O) groups is 2. The Hall–Kier alpha value is -3.21. The number of carbonyl (C=O) groups excluding carboxylic acids is 2. The van der Waals surface area contributed by atoms with Gasteiger partial charge in [0, 0.05) is 11.1 Å². The van der Waals surface area contributed by atoms with E-state index < -0.39 is 5.97 Å². The lowest BCUT2D eigenvalue weighted by molar-refractivity contribution is -0.133. The van der Waals surface area contributed by atoms with Gasteiger partial charge in [-0.05, 0) is 36.2 Å². The Morgan fingerprint density at radius 2 is 1.84 bits per heavy atom. The summed E-state index contributed by atoms with van der Waals surface area (Å²) in [6.07, 6.45) is 0. The summed E-state index contributed by atoms with van der Waals surface area (Å²) in [6, 6.07) is 12.8. The van der Waals surface area contributed by atoms with Gasteiger partial charge in [0.25, 0.3) is 5.91 Å². The van der Waals surface area contributed by atoms with Crippen LogP contribution in [0.2, 0.25) is 0 Å². The minimum atomic E-state index is -0.561. The fourth-order valence-corrected chi connectivity index (χ4v) is 2.70. The smallest absolute Gasteiger partial charge is 0.341 e. The third-order valence-corrected chi connectivity index (χ3v) is 3.99. The molecule has 0 saturated heterocycles. The molecule has 0 aliphatic carbocycles. The molecule has 0 spiro atoms. The van der Waals surface area contributed by atoms with Gasteiger partial charge in [0.1, 0.15) is 11.6 Å². The number of hydrogen-bond acceptors (Lipinski definition) is 3. The van der Waals surface area contributed by atoms with Crippen LogP contribution >= 0.6 is 0 Å². The molecule has 0 radical (unpaired) electrons. The Balaban J connectivity index is 1.86. The fraction of sp³-hybridized carbons (Fsp3) is 0.100. The van der Waals surface area contributed by atoms with Gasteiger partial charge < -0.3 is 10.1 Å². The summed E-state index contributed by atoms with van der Waals surface area (Å²) in [5.41, 5.74) is 2.76. The molecule has 1 aliphatic heterocycles. The standard InChI is InChI=1S/C20H16FNO3/c1-12-5-3-4-6-16(12)19(23)22-11-17-18(13(2)25-20(17)24)14-7-9-15(21)10-8-14/h3-10H,2,11H2,1H3,(H,22,23). The number of halogens is 1. The van der Waals surface area contributed by atoms with Crippen LogP contribution in [-0.2, 0) is 9.53 Å². The molecule has 0 aromatic heterocycles. The topological polar surface area (TPSA) is 55.4 Å². The molecule has 3 rings (SSSR count). The Morgan fingerprint density at radius 1 is 1.16 bits per heavy atom. The number of nitrogens with one attached hydrogen (secondary N) is 1. The second-order valence-electron chi connectivity index (χ2n) is 5.67. The van der Waals surface area contributed by atoms with Crippen LogP contribution in [0, 0.1) is 12.7 Å². The van der Waals surface area contributed by atoms with Gasteiger partial charge in [0.15, 0.2) is 0 Å². The molecule has 0 saturated carbocycles. The first-order valence-corrected chi connectivity index (χ1v) is 7.71. The van der Waals surface area contributed by atoms with Crippen molar-refractivity contribution >= 4 is 17.4 Å². The summed E-state index contributed by atoms with van der Waals surface area (Å²) in [5.74, 6) is -1.03. The van der Waals surface area contributed by atoms with Gasteiger partial charge in [-0.1, -0.05) is 36.9 Å². The maximum atomic E-state index is 13.1. The molecular weight excluding hydrogens is 321 g/mol. The van der Waals surface area contributed by atoms with Crippen LogP contribution in [-0.4, -0.2) is 18.4 Å². The highest BCUT2D eigenvalue weighted by atomic mass is 19.1. The maximum Gasteiger partial charge on any atom is 0.341 e. The van der Waals surface area contributed by atoms with Crippen molar-refractivity contribution in [2.45, 2.75) is 6.92 Å². The number of ether oxygens (including phenoxy) is 1. The SMILES string of the molecule is C=C1OC(=O)C(CNC(=O)c2ccccc2C)=C1c1ccc(F)cc1. The number of hydrogen-bond donors (Lipinski definition) is 1. The van der Waals surface area contributed by atoms with Crippen molar-refractivity contribution in [3.05, 3.63) is 88.9 Å². The van der Waals surface area contributed by atoms with E-state index in [1.54, 1.807) is 24.3 Å². The lowest BCUT2D eigenvalue weighted by Gasteiger charge is -2.08. The van der Waals surface area contributed by atoms with E-state index in [1.165, 1.54) is 12.1 Å². The number of aryl methyl sites for hydroxylation is 1. The molecule has 0 bridgehead atoms. The third-order valence-electron chi connectivity index (χ3n) is 3.99. The number of allylic oxidation sites excluding steroid dienone is 1. The molecule has 0 atom stereocenters. The molecule has 5 heteroatoms. The van der Waals surface area contributed by atoms with Crippen molar-refractivity contribution in [1.29, 1.82) is 0 Å². The van der Waals surface area contributed by atoms with Crippen molar-refractivity contribution in [3.63, 3.8) is 0 Å². The highest BCUT2D eigenvalue weighted by Crippen LogP contribution is 2.33. The van der Waals surface area contributed by atoms with Gasteiger partial charge in [0.2, 0.25) is 0 Å². The first-order valence-electron chi connectivity index (χ1n) is 7.71. The van der Waals surface area contributed by atoms with Crippen LogP contribution in [0.15, 0.2) is 66.4 Å². The van der Waals surface area contributed by atoms with E-state index in [0.29, 0.717) is 22.3 Å². The van der Waals surface area contributed by atoms with E-state index in [4.69, 9.17) is 4.74 Å². The van der Waals surface area contributed by atoms with Crippen LogP contribution in [0.4, 0.5) is 4.39 Å². The average Bonchev–Trinajstić information content (AvgIpc) is 2.87. The Bertz CT molecular complexity index is 897. The summed E-state index contributed by atoms with van der Waals surface area (Å²) >= 11 is 0. The normalized spacial score (nSPS) is 13.8. The van der Waals surface area contributed by atoms with Gasteiger partial charge in [-0.3, -0.25) is 4.79 Å². The van der Waals surface area contributed by atoms with E-state index >= 15 is 0 Å². The summed E-state index contributed by atoms with van der Waals surface area (Å²) in [6.45, 7) is 5.56. The molecule has 2 aromatic carbocycles. The molecule has 1 heterocycles. The van der Waals surface area contributed by atoms with E-state index in [2.05, 4.69) is 11.9 Å². The summed E-state index contributed by atoms with van der Waals surface area (Å²) in [4.78, 5) is 24.4. The number of amides is 1. The van der Waals surface area contributed by atoms with Gasteiger partial charge in [-0.2, -0.15) is 0 Å². The zero-order valence-electron chi connectivity index (χ0n) is 13.6. The molecular formula is C20H16FNO3. The van der Waals surface area contributed by atoms with Crippen molar-refractivity contribution in [2.75, 3.05) is 6.54 Å². The van der Waals surface area contributed by atoms with Gasteiger partial charge in [-0.15, -0.1) is 0 Å². The first-order chi connectivity index (χ1) is 12.0. The molecule has 1 N–H and O–H groups in total. The molecule has 2 aromatic rings. The predicted octanol–water partition coefficient (Wildman–Crippen LogP) is 3.39. The largest absolute Gasteiger partial charge is 0.423 e. The Labute approximate surface area is 144 Å². The van der Waals surface area contributed by atoms with E-state index in [1.807, 2.05) is 19.1 Å². The minimum Gasteiger partial charge on any atom is -0.423 e. The predicted molar refractivity (Wildman–Crippen MR) is 92.1 cm³/mol. The molecule has 1 amide bonds. The molecule has 4 nitrogen and oxygen atoms in total. The van der Waals surface area contributed by atoms with Crippen LogP contribution in [0.3, 0.4) is 0 Å². The van der Waals surface area contributed by atoms with Crippen molar-refractivity contribution < 1.29 is 18.7 Å².